The van der Waals surface area contributed by atoms with Crippen molar-refractivity contribution >= 4 is 23.8 Å². The van der Waals surface area contributed by atoms with Crippen molar-refractivity contribution in [2.45, 2.75) is 69.9 Å². The third-order valence-electron chi connectivity index (χ3n) is 10.1. The fourth-order valence-electron chi connectivity index (χ4n) is 7.74. The maximum absolute atomic E-state index is 15.2. The third kappa shape index (κ3) is 5.09. The second-order valence-corrected chi connectivity index (χ2v) is 13.1. The van der Waals surface area contributed by atoms with E-state index in [9.17, 15) is 28.8 Å². The quantitative estimate of drug-likeness (QED) is 0.445. The molecule has 3 heterocycles. The van der Waals surface area contributed by atoms with Crippen LogP contribution in [0.4, 0.5) is 13.6 Å². The van der Waals surface area contributed by atoms with Crippen LogP contribution in [0.2, 0.25) is 0 Å². The Hall–Kier alpha value is -4.02. The number of pyridine rings is 1. The number of carbonyl (C=O) groups is 4. The number of methoxy groups -OCH3 is 1. The molecule has 2 saturated carbocycles. The molecule has 2 aliphatic heterocycles. The van der Waals surface area contributed by atoms with Crippen LogP contribution in [0.15, 0.2) is 18.3 Å². The molecular formula is C30H38F2N6O6. The number of aromatic nitrogens is 1. The number of ether oxygens (including phenoxy) is 2. The van der Waals surface area contributed by atoms with Crippen molar-refractivity contribution in [2.75, 3.05) is 26.9 Å². The van der Waals surface area contributed by atoms with Gasteiger partial charge in [-0.25, -0.2) is 9.18 Å². The van der Waals surface area contributed by atoms with E-state index in [0.29, 0.717) is 18.5 Å². The predicted molar refractivity (Wildman–Crippen MR) is 150 cm³/mol. The first-order valence-corrected chi connectivity index (χ1v) is 14.7. The summed E-state index contributed by atoms with van der Waals surface area (Å²) in [6, 6.07) is 1.51. The molecule has 14 heteroatoms. The highest BCUT2D eigenvalue weighted by Gasteiger charge is 2.65. The number of amides is 4. The number of rotatable bonds is 8. The van der Waals surface area contributed by atoms with E-state index in [4.69, 9.17) is 10.5 Å². The van der Waals surface area contributed by atoms with Gasteiger partial charge in [0.15, 0.2) is 0 Å². The number of hydrogen-bond donors (Lipinski definition) is 2. The van der Waals surface area contributed by atoms with Crippen molar-refractivity contribution in [1.29, 1.82) is 5.26 Å². The van der Waals surface area contributed by atoms with Crippen LogP contribution in [0, 0.1) is 47.3 Å². The van der Waals surface area contributed by atoms with Gasteiger partial charge in [-0.15, -0.1) is 0 Å². The summed E-state index contributed by atoms with van der Waals surface area (Å²) in [6.45, 7) is 3.35. The van der Waals surface area contributed by atoms with Crippen LogP contribution in [0.3, 0.4) is 0 Å². The SMILES string of the molecule is COC(=O)NC(C(=O)N1CC2C3CC(F)C(C3)C2C1C(=O)N1CC(Oc2cccnc2C)(C(N)=O)CC1C#N)C(C)(C)CF. The first-order chi connectivity index (χ1) is 20.8. The van der Waals surface area contributed by atoms with E-state index in [2.05, 4.69) is 21.1 Å². The van der Waals surface area contributed by atoms with Gasteiger partial charge in [-0.3, -0.25) is 23.8 Å². The Morgan fingerprint density at radius 2 is 2.00 bits per heavy atom. The number of nitriles is 1. The van der Waals surface area contributed by atoms with Crippen molar-refractivity contribution in [3.63, 3.8) is 0 Å². The molecule has 4 aliphatic rings. The molecule has 1 aromatic heterocycles. The topological polar surface area (TPSA) is 168 Å². The Morgan fingerprint density at radius 3 is 2.61 bits per heavy atom. The Bertz CT molecular complexity index is 1390. The lowest BCUT2D eigenvalue weighted by atomic mass is 9.77. The summed E-state index contributed by atoms with van der Waals surface area (Å²) in [5, 5.41) is 12.5. The summed E-state index contributed by atoms with van der Waals surface area (Å²) in [7, 11) is 1.11. The molecule has 0 aromatic carbocycles. The molecule has 2 aliphatic carbocycles. The molecule has 0 radical (unpaired) electrons. The molecule has 4 amide bonds. The average Bonchev–Trinajstić information content (AvgIpc) is 3.75. The lowest BCUT2D eigenvalue weighted by molar-refractivity contribution is -0.149. The normalized spacial score (nSPS) is 33.0. The standard InChI is InChI=1S/C30H38F2N6O6/c1-15-21(6-5-7-35-15)44-30(27(34)41)10-17(11-33)38(14-30)25(39)23-22-18-8-16(9-20(18)32)19(22)12-37(23)26(40)24(29(2,3)13-31)36-28(42)43-4/h5-7,16-20,22-24H,8-10,12-14H2,1-4H3,(H2,34,41)(H,36,42). The van der Waals surface area contributed by atoms with Gasteiger partial charge in [0.1, 0.15) is 30.0 Å². The number of nitrogens with two attached hydrogens (primary N) is 1. The van der Waals surface area contributed by atoms with Gasteiger partial charge >= 0.3 is 6.09 Å². The fraction of sp³-hybridized carbons (Fsp3) is 0.667. The molecule has 1 aromatic rings. The maximum atomic E-state index is 15.2. The number of hydrogen-bond acceptors (Lipinski definition) is 8. The van der Waals surface area contributed by atoms with E-state index < -0.39 is 77.6 Å². The zero-order chi connectivity index (χ0) is 32.1. The highest BCUT2D eigenvalue weighted by molar-refractivity contribution is 5.94. The van der Waals surface area contributed by atoms with E-state index in [1.54, 1.807) is 25.3 Å². The van der Waals surface area contributed by atoms with Crippen molar-refractivity contribution in [3.8, 4) is 11.8 Å². The Balaban J connectivity index is 1.52. The largest absolute Gasteiger partial charge is 0.474 e. The fourth-order valence-corrected chi connectivity index (χ4v) is 7.74. The summed E-state index contributed by atoms with van der Waals surface area (Å²) in [5.74, 6) is -3.29. The molecule has 2 saturated heterocycles. The monoisotopic (exact) mass is 616 g/mol. The smallest absolute Gasteiger partial charge is 0.407 e. The van der Waals surface area contributed by atoms with Gasteiger partial charge < -0.3 is 30.3 Å². The zero-order valence-corrected chi connectivity index (χ0v) is 25.2. The molecule has 238 valence electrons. The van der Waals surface area contributed by atoms with Crippen LogP contribution in [0.25, 0.3) is 0 Å². The maximum Gasteiger partial charge on any atom is 0.407 e. The molecule has 4 fully saturated rings. The number of alkyl carbamates (subject to hydrolysis) is 1. The molecule has 44 heavy (non-hydrogen) atoms. The summed E-state index contributed by atoms with van der Waals surface area (Å²) in [6.07, 6.45) is 0.0936. The van der Waals surface area contributed by atoms with Crippen LogP contribution < -0.4 is 15.8 Å². The zero-order valence-electron chi connectivity index (χ0n) is 25.2. The second-order valence-electron chi connectivity index (χ2n) is 13.1. The molecule has 9 unspecified atom stereocenters. The highest BCUT2D eigenvalue weighted by atomic mass is 19.1. The van der Waals surface area contributed by atoms with Gasteiger partial charge in [0, 0.05) is 24.6 Å². The van der Waals surface area contributed by atoms with Gasteiger partial charge in [0.05, 0.1) is 32.1 Å². The number of fused-ring (bicyclic) bond motifs is 5. The third-order valence-corrected chi connectivity index (χ3v) is 10.1. The molecule has 5 rings (SSSR count). The van der Waals surface area contributed by atoms with E-state index in [1.807, 2.05) is 0 Å². The number of aryl methyl sites for hydroxylation is 1. The minimum atomic E-state index is -1.76. The van der Waals surface area contributed by atoms with Crippen molar-refractivity contribution in [2.24, 2.45) is 34.8 Å². The second kappa shape index (κ2) is 11.5. The van der Waals surface area contributed by atoms with Crippen molar-refractivity contribution in [3.05, 3.63) is 24.0 Å². The molecule has 2 bridgehead atoms. The van der Waals surface area contributed by atoms with Gasteiger partial charge in [0.2, 0.25) is 17.4 Å². The van der Waals surface area contributed by atoms with Crippen LogP contribution >= 0.6 is 0 Å². The van der Waals surface area contributed by atoms with Crippen molar-refractivity contribution in [1.82, 2.24) is 20.1 Å². The first-order valence-electron chi connectivity index (χ1n) is 14.7. The minimum Gasteiger partial charge on any atom is -0.474 e. The molecule has 3 N–H and O–H groups in total. The van der Waals surface area contributed by atoms with E-state index >= 15 is 4.39 Å². The van der Waals surface area contributed by atoms with Gasteiger partial charge in [-0.1, -0.05) is 13.8 Å². The minimum absolute atomic E-state index is 0.0544. The highest BCUT2D eigenvalue weighted by Crippen LogP contribution is 2.59. The van der Waals surface area contributed by atoms with E-state index in [-0.39, 0.29) is 37.1 Å². The van der Waals surface area contributed by atoms with Gasteiger partial charge in [-0.05, 0) is 55.6 Å². The van der Waals surface area contributed by atoms with Crippen LogP contribution in [0.1, 0.15) is 38.8 Å². The number of carbonyl (C=O) groups excluding carboxylic acids is 4. The predicted octanol–water partition coefficient (Wildman–Crippen LogP) is 1.66. The van der Waals surface area contributed by atoms with Gasteiger partial charge in [0.25, 0.3) is 5.91 Å². The summed E-state index contributed by atoms with van der Waals surface area (Å²) < 4.78 is 40.2. The molecular weight excluding hydrogens is 578 g/mol. The average molecular weight is 617 g/mol. The van der Waals surface area contributed by atoms with Crippen LogP contribution in [0.5, 0.6) is 5.75 Å². The Labute approximate surface area is 254 Å². The Morgan fingerprint density at radius 1 is 1.27 bits per heavy atom. The van der Waals surface area contributed by atoms with Gasteiger partial charge in [-0.2, -0.15) is 5.26 Å². The summed E-state index contributed by atoms with van der Waals surface area (Å²) in [4.78, 5) is 60.5. The molecule has 9 atom stereocenters. The number of nitrogens with zero attached hydrogens (tertiary/aromatic N) is 4. The van der Waals surface area contributed by atoms with Crippen LogP contribution in [-0.2, 0) is 19.1 Å². The number of primary amides is 1. The number of halogens is 2. The lowest BCUT2D eigenvalue weighted by Crippen LogP contribution is -2.61. The lowest BCUT2D eigenvalue weighted by Gasteiger charge is -2.38. The summed E-state index contributed by atoms with van der Waals surface area (Å²) >= 11 is 0. The molecule has 0 spiro atoms. The summed E-state index contributed by atoms with van der Waals surface area (Å²) in [5.41, 5.74) is 3.15. The number of alkyl halides is 2. The number of nitrogens with one attached hydrogen (secondary N) is 1. The van der Waals surface area contributed by atoms with E-state index in [0.717, 1.165) is 7.11 Å². The van der Waals surface area contributed by atoms with Crippen LogP contribution in [-0.4, -0.2) is 95.4 Å². The first kappa shape index (κ1) is 31.4. The number of likely N-dealkylation sites (tertiary alicyclic amines) is 2. The Kier molecular flexibility index (Phi) is 8.20. The van der Waals surface area contributed by atoms with E-state index in [1.165, 1.54) is 23.6 Å². The van der Waals surface area contributed by atoms with Crippen molar-refractivity contribution < 1.29 is 37.4 Å². The molecule has 12 nitrogen and oxygen atoms in total.